The van der Waals surface area contributed by atoms with Crippen molar-refractivity contribution in [2.24, 2.45) is 0 Å². The number of H-pyrrole nitrogens is 1. The number of carboxylic acid groups (broad SMARTS) is 1. The first-order valence-corrected chi connectivity index (χ1v) is 11.2. The van der Waals surface area contributed by atoms with Crippen LogP contribution in [0.2, 0.25) is 4.34 Å². The molecule has 5 N–H and O–H groups in total. The Balaban J connectivity index is 1.57. The van der Waals surface area contributed by atoms with Gasteiger partial charge < -0.3 is 26.0 Å². The maximum absolute atomic E-state index is 14.2. The zero-order chi connectivity index (χ0) is 25.3. The van der Waals surface area contributed by atoms with E-state index in [2.05, 4.69) is 20.9 Å². The van der Waals surface area contributed by atoms with Gasteiger partial charge in [0, 0.05) is 17.6 Å². The maximum Gasteiger partial charge on any atom is 0.333 e. The molecule has 180 valence electrons. The van der Waals surface area contributed by atoms with E-state index in [0.717, 1.165) is 22.0 Å². The molecule has 0 spiro atoms. The zero-order valence-corrected chi connectivity index (χ0v) is 19.5. The molecule has 4 rings (SSSR count). The molecule has 4 aromatic rings. The van der Waals surface area contributed by atoms with Gasteiger partial charge in [0.2, 0.25) is 0 Å². The van der Waals surface area contributed by atoms with E-state index in [-0.39, 0.29) is 28.0 Å². The number of aliphatic carboxylic acids is 1. The first kappa shape index (κ1) is 24.0. The lowest BCUT2D eigenvalue weighted by atomic mass is 10.2. The average Bonchev–Trinajstić information content (AvgIpc) is 3.24. The van der Waals surface area contributed by atoms with Gasteiger partial charge >= 0.3 is 17.7 Å². The summed E-state index contributed by atoms with van der Waals surface area (Å²) in [5.41, 5.74) is -0.687. The zero-order valence-electron chi connectivity index (χ0n) is 17.9. The van der Waals surface area contributed by atoms with Crippen molar-refractivity contribution in [3.05, 3.63) is 84.4 Å². The van der Waals surface area contributed by atoms with Crippen molar-refractivity contribution in [2.45, 2.75) is 6.04 Å². The van der Waals surface area contributed by atoms with Gasteiger partial charge in [-0.2, -0.15) is 0 Å². The second-order valence-corrected chi connectivity index (χ2v) is 9.00. The summed E-state index contributed by atoms with van der Waals surface area (Å²) in [6, 6.07) is 8.98. The van der Waals surface area contributed by atoms with E-state index in [9.17, 15) is 28.7 Å². The fourth-order valence-electron chi connectivity index (χ4n) is 3.39. The summed E-state index contributed by atoms with van der Waals surface area (Å²) in [7, 11) is 1.51. The van der Waals surface area contributed by atoms with Crippen molar-refractivity contribution in [1.29, 1.82) is 0 Å². The molecule has 10 nitrogen and oxygen atoms in total. The van der Waals surface area contributed by atoms with Crippen LogP contribution < -0.4 is 27.2 Å². The molecule has 0 radical (unpaired) electrons. The number of fused-ring (bicyclic) bond motifs is 1. The van der Waals surface area contributed by atoms with Gasteiger partial charge in [-0.1, -0.05) is 11.6 Å². The van der Waals surface area contributed by atoms with Crippen molar-refractivity contribution < 1.29 is 19.1 Å². The van der Waals surface area contributed by atoms with E-state index in [1.54, 1.807) is 0 Å². The number of carbonyl (C=O) groups is 2. The molecule has 2 aromatic heterocycles. The Morgan fingerprint density at radius 3 is 2.46 bits per heavy atom. The largest absolute Gasteiger partial charge is 0.479 e. The van der Waals surface area contributed by atoms with E-state index in [1.165, 1.54) is 49.5 Å². The van der Waals surface area contributed by atoms with Crippen molar-refractivity contribution >= 4 is 57.2 Å². The molecule has 1 atom stereocenters. The molecule has 0 aliphatic carbocycles. The first-order valence-electron chi connectivity index (χ1n) is 10.00. The highest BCUT2D eigenvalue weighted by atomic mass is 35.5. The Hall–Kier alpha value is -4.16. The quantitative estimate of drug-likeness (QED) is 0.264. The molecular weight excluding hydrogens is 501 g/mol. The topological polar surface area (TPSA) is 145 Å². The van der Waals surface area contributed by atoms with Crippen molar-refractivity contribution in [3.63, 3.8) is 0 Å². The van der Waals surface area contributed by atoms with Crippen LogP contribution >= 0.6 is 22.9 Å². The average molecular weight is 518 g/mol. The molecular formula is C22H17ClFN5O5S. The second-order valence-electron chi connectivity index (χ2n) is 7.26. The highest BCUT2D eigenvalue weighted by molar-refractivity contribution is 7.16. The van der Waals surface area contributed by atoms with Gasteiger partial charge in [0.05, 0.1) is 26.6 Å². The normalized spacial score (nSPS) is 11.7. The molecule has 13 heteroatoms. The summed E-state index contributed by atoms with van der Waals surface area (Å²) in [6.07, 6.45) is 0. The molecule has 2 amide bonds. The Bertz CT molecular complexity index is 1560. The fraction of sp³-hybridized carbons (Fsp3) is 0.0909. The van der Waals surface area contributed by atoms with Crippen molar-refractivity contribution in [2.75, 3.05) is 17.7 Å². The number of rotatable bonds is 6. The van der Waals surface area contributed by atoms with Crippen LogP contribution in [0.4, 0.5) is 20.6 Å². The minimum atomic E-state index is -1.30. The SMILES string of the molecule is CNc1cc2[nH]c(=O)n(-c3ccc(NC(=O)NC(C(=O)O)c4ccc(Cl)s4)cc3)c(=O)c2cc1F. The van der Waals surface area contributed by atoms with Gasteiger partial charge in [-0.15, -0.1) is 11.3 Å². The third kappa shape index (κ3) is 4.88. The Morgan fingerprint density at radius 2 is 1.86 bits per heavy atom. The molecule has 2 heterocycles. The van der Waals surface area contributed by atoms with E-state index >= 15 is 0 Å². The molecule has 0 bridgehead atoms. The summed E-state index contributed by atoms with van der Waals surface area (Å²) < 4.78 is 15.4. The Kier molecular flexibility index (Phi) is 6.58. The number of thiophene rings is 1. The standard InChI is InChI=1S/C22H17ClFN5O5S/c1-25-15-9-14-12(8-13(15)24)19(30)29(22(34)27-14)11-4-2-10(3-5-11)26-21(33)28-18(20(31)32)16-6-7-17(23)35-16/h2-9,18,25H,1H3,(H,27,34)(H,31,32)(H2,26,28,33). The van der Waals surface area contributed by atoms with E-state index in [4.69, 9.17) is 11.6 Å². The smallest absolute Gasteiger partial charge is 0.333 e. The summed E-state index contributed by atoms with van der Waals surface area (Å²) >= 11 is 6.87. The third-order valence-electron chi connectivity index (χ3n) is 5.04. The highest BCUT2D eigenvalue weighted by Crippen LogP contribution is 2.27. The van der Waals surface area contributed by atoms with Crippen LogP contribution in [0.1, 0.15) is 10.9 Å². The summed E-state index contributed by atoms with van der Waals surface area (Å²) in [5, 5.41) is 16.9. The number of amides is 2. The highest BCUT2D eigenvalue weighted by Gasteiger charge is 2.24. The number of nitrogens with zero attached hydrogens (tertiary/aromatic N) is 1. The number of carbonyl (C=O) groups excluding carboxylic acids is 1. The van der Waals surface area contributed by atoms with Crippen LogP contribution in [-0.2, 0) is 4.79 Å². The van der Waals surface area contributed by atoms with Crippen molar-refractivity contribution in [1.82, 2.24) is 14.9 Å². The predicted molar refractivity (Wildman–Crippen MR) is 132 cm³/mol. The van der Waals surface area contributed by atoms with Crippen molar-refractivity contribution in [3.8, 4) is 5.69 Å². The fourth-order valence-corrected chi connectivity index (χ4v) is 4.50. The van der Waals surface area contributed by atoms with Crippen LogP contribution in [0.5, 0.6) is 0 Å². The molecule has 0 fully saturated rings. The predicted octanol–water partition coefficient (Wildman–Crippen LogP) is 3.52. The number of urea groups is 1. The van der Waals surface area contributed by atoms with Gasteiger partial charge in [-0.25, -0.2) is 23.3 Å². The number of hydrogen-bond acceptors (Lipinski definition) is 6. The van der Waals surface area contributed by atoms with Crippen LogP contribution in [0.25, 0.3) is 16.6 Å². The number of nitrogens with one attached hydrogen (secondary N) is 4. The Morgan fingerprint density at radius 1 is 1.14 bits per heavy atom. The van der Waals surface area contributed by atoms with Gasteiger partial charge in [-0.05, 0) is 48.5 Å². The Labute approximate surface area is 205 Å². The number of carboxylic acids is 1. The molecule has 0 aliphatic heterocycles. The van der Waals surface area contributed by atoms with E-state index in [0.29, 0.717) is 9.21 Å². The van der Waals surface area contributed by atoms with Crippen LogP contribution in [-0.4, -0.2) is 33.7 Å². The number of halogens is 2. The molecule has 0 saturated carbocycles. The van der Waals surface area contributed by atoms with Gasteiger partial charge in [0.15, 0.2) is 6.04 Å². The van der Waals surface area contributed by atoms with Crippen LogP contribution in [0, 0.1) is 5.82 Å². The summed E-state index contributed by atoms with van der Waals surface area (Å²) in [5.74, 6) is -1.91. The lowest BCUT2D eigenvalue weighted by molar-refractivity contribution is -0.139. The number of aromatic amines is 1. The first-order chi connectivity index (χ1) is 16.7. The second kappa shape index (κ2) is 9.60. The maximum atomic E-state index is 14.2. The number of benzene rings is 2. The lowest BCUT2D eigenvalue weighted by Gasteiger charge is -2.14. The van der Waals surface area contributed by atoms with Crippen LogP contribution in [0.3, 0.4) is 0 Å². The van der Waals surface area contributed by atoms with E-state index in [1.807, 2.05) is 0 Å². The molecule has 0 saturated heterocycles. The minimum Gasteiger partial charge on any atom is -0.479 e. The van der Waals surface area contributed by atoms with Gasteiger partial charge in [0.25, 0.3) is 5.56 Å². The summed E-state index contributed by atoms with van der Waals surface area (Å²) in [6.45, 7) is 0. The molecule has 2 aromatic carbocycles. The molecule has 0 aliphatic rings. The van der Waals surface area contributed by atoms with Gasteiger partial charge in [0.1, 0.15) is 5.82 Å². The minimum absolute atomic E-state index is 0.0175. The number of aromatic nitrogens is 2. The van der Waals surface area contributed by atoms with E-state index < -0.39 is 35.1 Å². The monoisotopic (exact) mass is 517 g/mol. The number of anilines is 2. The summed E-state index contributed by atoms with van der Waals surface area (Å²) in [4.78, 5) is 52.2. The third-order valence-corrected chi connectivity index (χ3v) is 6.34. The van der Waals surface area contributed by atoms with Gasteiger partial charge in [-0.3, -0.25) is 4.79 Å². The lowest BCUT2D eigenvalue weighted by Crippen LogP contribution is -2.36. The number of hydrogen-bond donors (Lipinski definition) is 5. The van der Waals surface area contributed by atoms with Crippen LogP contribution in [0.15, 0.2) is 58.1 Å². The molecule has 1 unspecified atom stereocenters. The molecule has 35 heavy (non-hydrogen) atoms.